The summed E-state index contributed by atoms with van der Waals surface area (Å²) in [7, 11) is 2.26. The molecule has 0 atom stereocenters. The van der Waals surface area contributed by atoms with E-state index in [2.05, 4.69) is 67.8 Å². The number of aromatic nitrogens is 5. The Morgan fingerprint density at radius 2 is 1.94 bits per heavy atom. The number of aromatic amines is 1. The fraction of sp³-hybridized carbons (Fsp3) is 0.560. The predicted molar refractivity (Wildman–Crippen MR) is 133 cm³/mol. The van der Waals surface area contributed by atoms with Crippen molar-refractivity contribution in [1.29, 1.82) is 0 Å². The molecule has 0 unspecified atom stereocenters. The molecule has 32 heavy (non-hydrogen) atoms. The zero-order valence-corrected chi connectivity index (χ0v) is 20.9. The highest BCUT2D eigenvalue weighted by molar-refractivity contribution is 7.18. The van der Waals surface area contributed by atoms with E-state index in [-0.39, 0.29) is 0 Å². The first-order valence-electron chi connectivity index (χ1n) is 11.9. The van der Waals surface area contributed by atoms with Gasteiger partial charge in [-0.3, -0.25) is 0 Å². The molecule has 0 spiro atoms. The molecular weight excluding hydrogens is 416 g/mol. The van der Waals surface area contributed by atoms with Gasteiger partial charge in [0.25, 0.3) is 0 Å². The summed E-state index contributed by atoms with van der Waals surface area (Å²) in [6, 6.07) is 0.733. The lowest BCUT2D eigenvalue weighted by atomic mass is 9.86. The average Bonchev–Trinajstić information content (AvgIpc) is 3.49. The third-order valence-electron chi connectivity index (χ3n) is 7.55. The Bertz CT molecular complexity index is 1250. The number of fused-ring (bicyclic) bond motifs is 2. The maximum atomic E-state index is 5.24. The molecule has 0 amide bonds. The molecule has 7 heteroatoms. The van der Waals surface area contributed by atoms with Gasteiger partial charge in [-0.05, 0) is 70.2 Å². The van der Waals surface area contributed by atoms with Crippen LogP contribution in [0, 0.1) is 13.8 Å². The lowest BCUT2D eigenvalue weighted by Gasteiger charge is -2.33. The Morgan fingerprint density at radius 3 is 2.62 bits per heavy atom. The molecule has 4 aromatic heterocycles. The summed E-state index contributed by atoms with van der Waals surface area (Å²) in [5.74, 6) is 0.982. The summed E-state index contributed by atoms with van der Waals surface area (Å²) in [4.78, 5) is 17.1. The molecule has 0 saturated heterocycles. The molecule has 1 N–H and O–H groups in total. The van der Waals surface area contributed by atoms with Crippen LogP contribution in [0.15, 0.2) is 12.5 Å². The van der Waals surface area contributed by atoms with Crippen LogP contribution in [-0.2, 0) is 0 Å². The van der Waals surface area contributed by atoms with Crippen molar-refractivity contribution in [3.05, 3.63) is 34.2 Å². The lowest BCUT2D eigenvalue weighted by molar-refractivity contribution is 0.190. The maximum Gasteiger partial charge on any atom is 0.158 e. The third-order valence-corrected chi connectivity index (χ3v) is 8.68. The largest absolute Gasteiger partial charge is 0.345 e. The minimum atomic E-state index is 0.383. The van der Waals surface area contributed by atoms with E-state index in [0.29, 0.717) is 11.8 Å². The molecule has 0 aromatic carbocycles. The summed E-state index contributed by atoms with van der Waals surface area (Å²) in [6.07, 6.45) is 8.79. The molecule has 4 aromatic rings. The summed E-state index contributed by atoms with van der Waals surface area (Å²) in [5, 5.41) is 5.71. The molecule has 4 heterocycles. The van der Waals surface area contributed by atoms with Crippen LogP contribution in [0.3, 0.4) is 0 Å². The van der Waals surface area contributed by atoms with Gasteiger partial charge in [-0.25, -0.2) is 14.5 Å². The first-order chi connectivity index (χ1) is 15.4. The Hall–Kier alpha value is -2.25. The molecule has 0 aliphatic heterocycles. The second-order valence-corrected chi connectivity index (χ2v) is 10.7. The van der Waals surface area contributed by atoms with Gasteiger partial charge in [0.1, 0.15) is 16.7 Å². The summed E-state index contributed by atoms with van der Waals surface area (Å²) in [5.41, 5.74) is 8.22. The number of nitrogens with one attached hydrogen (secondary N) is 1. The van der Waals surface area contributed by atoms with Gasteiger partial charge in [-0.1, -0.05) is 20.8 Å². The number of thiazole rings is 1. The van der Waals surface area contributed by atoms with Crippen molar-refractivity contribution in [1.82, 2.24) is 29.5 Å². The lowest BCUT2D eigenvalue weighted by Crippen LogP contribution is -2.34. The van der Waals surface area contributed by atoms with E-state index in [9.17, 15) is 0 Å². The van der Waals surface area contributed by atoms with E-state index in [1.165, 1.54) is 69.0 Å². The van der Waals surface area contributed by atoms with Crippen molar-refractivity contribution >= 4 is 27.3 Å². The highest BCUT2D eigenvalue weighted by atomic mass is 32.1. The molecular formula is C25H34N6S. The van der Waals surface area contributed by atoms with E-state index in [4.69, 9.17) is 4.98 Å². The van der Waals surface area contributed by atoms with Gasteiger partial charge >= 0.3 is 0 Å². The monoisotopic (exact) mass is 450 g/mol. The first kappa shape index (κ1) is 21.6. The quantitative estimate of drug-likeness (QED) is 0.402. The van der Waals surface area contributed by atoms with Crippen molar-refractivity contribution < 1.29 is 0 Å². The molecule has 0 radical (unpaired) electrons. The minimum absolute atomic E-state index is 0.383. The van der Waals surface area contributed by atoms with Gasteiger partial charge in [0.05, 0.1) is 10.7 Å². The average molecular weight is 451 g/mol. The third kappa shape index (κ3) is 3.46. The minimum Gasteiger partial charge on any atom is -0.345 e. The van der Waals surface area contributed by atoms with Crippen LogP contribution in [0.1, 0.15) is 80.0 Å². The van der Waals surface area contributed by atoms with Crippen LogP contribution >= 0.6 is 11.3 Å². The van der Waals surface area contributed by atoms with Crippen LogP contribution in [0.5, 0.6) is 0 Å². The van der Waals surface area contributed by atoms with Gasteiger partial charge in [0.2, 0.25) is 0 Å². The molecule has 170 valence electrons. The zero-order chi connectivity index (χ0) is 22.6. The highest BCUT2D eigenvalue weighted by Gasteiger charge is 2.28. The fourth-order valence-corrected chi connectivity index (χ4v) is 6.48. The van der Waals surface area contributed by atoms with Crippen LogP contribution in [0.2, 0.25) is 0 Å². The Balaban J connectivity index is 1.53. The summed E-state index contributed by atoms with van der Waals surface area (Å²) in [6.45, 7) is 12.2. The van der Waals surface area contributed by atoms with E-state index in [1.807, 2.05) is 15.9 Å². The van der Waals surface area contributed by atoms with Gasteiger partial charge in [0.15, 0.2) is 5.65 Å². The van der Waals surface area contributed by atoms with Crippen LogP contribution in [0.4, 0.5) is 0 Å². The second-order valence-electron chi connectivity index (χ2n) is 9.70. The summed E-state index contributed by atoms with van der Waals surface area (Å²) < 4.78 is 1.89. The SMILES string of the molecule is CCN(C)C1CCC(c2nc3c(C(C)C)c(-c4cn5ncnc5c(C)c4C)[nH]c3s2)CC1. The molecule has 6 nitrogen and oxygen atoms in total. The van der Waals surface area contributed by atoms with Crippen molar-refractivity contribution in [3.8, 4) is 11.3 Å². The predicted octanol–water partition coefficient (Wildman–Crippen LogP) is 6.05. The number of aryl methyl sites for hydroxylation is 1. The molecule has 1 saturated carbocycles. The molecule has 5 rings (SSSR count). The summed E-state index contributed by atoms with van der Waals surface area (Å²) >= 11 is 1.87. The maximum absolute atomic E-state index is 5.24. The number of pyridine rings is 1. The number of H-pyrrole nitrogens is 1. The normalized spacial score (nSPS) is 19.8. The van der Waals surface area contributed by atoms with Crippen molar-refractivity contribution in [3.63, 3.8) is 0 Å². The number of nitrogens with zero attached hydrogens (tertiary/aromatic N) is 5. The highest BCUT2D eigenvalue weighted by Crippen LogP contribution is 2.43. The second kappa shape index (κ2) is 8.27. The van der Waals surface area contributed by atoms with Crippen LogP contribution in [0.25, 0.3) is 27.3 Å². The molecule has 1 aliphatic carbocycles. The number of hydrogen-bond acceptors (Lipinski definition) is 5. The van der Waals surface area contributed by atoms with Gasteiger partial charge < -0.3 is 9.88 Å². The molecule has 0 bridgehead atoms. The Morgan fingerprint density at radius 1 is 1.19 bits per heavy atom. The number of hydrogen-bond donors (Lipinski definition) is 1. The van der Waals surface area contributed by atoms with E-state index >= 15 is 0 Å². The van der Waals surface area contributed by atoms with Gasteiger partial charge in [-0.2, -0.15) is 5.10 Å². The van der Waals surface area contributed by atoms with E-state index < -0.39 is 0 Å². The van der Waals surface area contributed by atoms with Crippen molar-refractivity contribution in [2.75, 3.05) is 13.6 Å². The smallest absolute Gasteiger partial charge is 0.158 e. The van der Waals surface area contributed by atoms with Gasteiger partial charge in [-0.15, -0.1) is 11.3 Å². The molecule has 1 aliphatic rings. The van der Waals surface area contributed by atoms with Gasteiger partial charge in [0, 0.05) is 29.3 Å². The zero-order valence-electron chi connectivity index (χ0n) is 20.1. The Labute approximate surface area is 194 Å². The Kier molecular flexibility index (Phi) is 5.58. The van der Waals surface area contributed by atoms with Crippen molar-refractivity contribution in [2.24, 2.45) is 0 Å². The van der Waals surface area contributed by atoms with Crippen LogP contribution in [-0.4, -0.2) is 49.1 Å². The van der Waals surface area contributed by atoms with E-state index in [0.717, 1.165) is 18.2 Å². The van der Waals surface area contributed by atoms with Crippen molar-refractivity contribution in [2.45, 2.75) is 78.2 Å². The first-order valence-corrected chi connectivity index (χ1v) is 12.7. The van der Waals surface area contributed by atoms with E-state index in [1.54, 1.807) is 6.33 Å². The molecule has 1 fully saturated rings. The standard InChI is InChI=1S/C25H34N6S/c1-7-30(6)18-10-8-17(9-11-18)24-29-22-20(14(2)3)21(28-25(22)32-24)19-12-31-23(26-13-27-31)16(5)15(19)4/h12-14,17-18,28H,7-11H2,1-6H3. The van der Waals surface area contributed by atoms with Crippen LogP contribution < -0.4 is 0 Å². The number of rotatable bonds is 5. The topological polar surface area (TPSA) is 62.1 Å². The fourth-order valence-electron chi connectivity index (χ4n) is 5.33.